The van der Waals surface area contributed by atoms with Crippen molar-refractivity contribution in [2.24, 2.45) is 32.1 Å². The molecule has 0 unspecified atom stereocenters. The van der Waals surface area contributed by atoms with Gasteiger partial charge in [0, 0.05) is 42.8 Å². The Bertz CT molecular complexity index is 2150. The van der Waals surface area contributed by atoms with E-state index in [1.807, 2.05) is 6.21 Å². The molecule has 4 aromatic carbocycles. The van der Waals surface area contributed by atoms with Crippen LogP contribution in [0.15, 0.2) is 70.6 Å². The Balaban J connectivity index is 1.02. The van der Waals surface area contributed by atoms with Crippen molar-refractivity contribution < 1.29 is 30.6 Å². The summed E-state index contributed by atoms with van der Waals surface area (Å²) in [6.45, 7) is 2.14. The van der Waals surface area contributed by atoms with Crippen molar-refractivity contribution in [2.75, 3.05) is 19.8 Å². The minimum Gasteiger partial charge on any atom is -0.507 e. The van der Waals surface area contributed by atoms with Gasteiger partial charge in [0.15, 0.2) is 23.0 Å². The van der Waals surface area contributed by atoms with Gasteiger partial charge >= 0.3 is 0 Å². The fourth-order valence-corrected chi connectivity index (χ4v) is 11.3. The van der Waals surface area contributed by atoms with Crippen LogP contribution in [0.4, 0.5) is 0 Å². The Kier molecular flexibility index (Phi) is 10.1. The Morgan fingerprint density at radius 1 is 0.727 bits per heavy atom. The summed E-state index contributed by atoms with van der Waals surface area (Å²) in [5.41, 5.74) is 5.21. The van der Waals surface area contributed by atoms with E-state index in [4.69, 9.17) is 4.99 Å². The highest BCUT2D eigenvalue weighted by Crippen LogP contribution is 2.69. The van der Waals surface area contributed by atoms with E-state index in [1.54, 1.807) is 30.4 Å². The van der Waals surface area contributed by atoms with Crippen LogP contribution in [0.5, 0.6) is 28.7 Å². The van der Waals surface area contributed by atoms with Crippen molar-refractivity contribution in [3.8, 4) is 28.7 Å². The molecule has 9 heteroatoms. The average Bonchev–Trinajstić information content (AvgIpc) is 4.00. The molecule has 0 aromatic heterocycles. The minimum atomic E-state index is -0.365. The lowest BCUT2D eigenvalue weighted by Crippen LogP contribution is -2.64. The Hall–Kier alpha value is -4.86. The number of benzene rings is 4. The molecule has 288 valence electrons. The number of aromatic hydroxyl groups is 5. The highest BCUT2D eigenvalue weighted by Gasteiger charge is 2.66. The summed E-state index contributed by atoms with van der Waals surface area (Å²) in [6.07, 6.45) is 18.7. The van der Waals surface area contributed by atoms with Crippen LogP contribution in [0.2, 0.25) is 0 Å². The lowest BCUT2D eigenvalue weighted by molar-refractivity contribution is -0.107. The third-order valence-electron chi connectivity index (χ3n) is 14.0. The van der Waals surface area contributed by atoms with Gasteiger partial charge in [0.2, 0.25) is 0 Å². The second-order valence-corrected chi connectivity index (χ2v) is 16.6. The molecule has 1 heterocycles. The van der Waals surface area contributed by atoms with Gasteiger partial charge in [-0.25, -0.2) is 0 Å². The first-order chi connectivity index (χ1) is 26.7. The molecule has 3 saturated carbocycles. The number of phenols is 5. The summed E-state index contributed by atoms with van der Waals surface area (Å²) < 4.78 is 0. The van der Waals surface area contributed by atoms with Crippen molar-refractivity contribution >= 4 is 34.9 Å². The molecule has 4 aliphatic rings. The number of hydrogen-bond donors (Lipinski definition) is 7. The second-order valence-electron chi connectivity index (χ2n) is 16.6. The third kappa shape index (κ3) is 6.45. The van der Waals surface area contributed by atoms with E-state index >= 15 is 0 Å². The van der Waals surface area contributed by atoms with Crippen molar-refractivity contribution in [1.29, 1.82) is 0 Å². The summed E-state index contributed by atoms with van der Waals surface area (Å²) in [4.78, 5) is 9.64. The predicted octanol–water partition coefficient (Wildman–Crippen LogP) is 8.41. The maximum atomic E-state index is 11.3. The minimum absolute atomic E-state index is 0.127. The topological polar surface area (TPSA) is 158 Å². The van der Waals surface area contributed by atoms with Crippen LogP contribution in [0.25, 0.3) is 22.9 Å². The van der Waals surface area contributed by atoms with Crippen molar-refractivity contribution in [1.82, 2.24) is 5.32 Å². The Labute approximate surface area is 322 Å². The highest BCUT2D eigenvalue weighted by molar-refractivity contribution is 6.34. The number of nitrogens with one attached hydrogen (secondary N) is 1. The molecule has 0 radical (unpaired) electrons. The molecule has 0 amide bonds. The number of rotatable bonds is 11. The Morgan fingerprint density at radius 3 is 2.18 bits per heavy atom. The molecule has 0 saturated heterocycles. The quantitative estimate of drug-likeness (QED) is 0.0601. The van der Waals surface area contributed by atoms with Crippen LogP contribution < -0.4 is 5.32 Å². The number of aryl methyl sites for hydroxylation is 1. The fourth-order valence-electron chi connectivity index (χ4n) is 11.3. The molecule has 0 bridgehead atoms. The maximum absolute atomic E-state index is 11.3. The molecule has 1 aliphatic heterocycles. The number of aliphatic hydroxyl groups excluding tert-OH is 1. The number of aliphatic imine (C=N–C) groups is 2. The second kappa shape index (κ2) is 15.0. The Morgan fingerprint density at radius 2 is 1.47 bits per heavy atom. The van der Waals surface area contributed by atoms with E-state index in [9.17, 15) is 30.6 Å². The fraction of sp³-hybridized carbons (Fsp3) is 0.435. The molecule has 8 rings (SSSR count). The first kappa shape index (κ1) is 37.1. The number of aliphatic hydroxyl groups is 1. The molecular weight excluding hydrogens is 691 g/mol. The first-order valence-corrected chi connectivity index (χ1v) is 20.0. The standard InChI is InChI=1S/C46H53N3O6/c50-27-39-44(18-1-2-19-44)22-23-45(20-3-4-21-45)46(39,40-26-48-29-49-40)28-47-25-32-10-8-30(9-11-32)12-16-35-33(15-13-31-14-17-36(51)38(53)24-31)34-6-5-7-37(52)41(34)43(55)42(35)54/h5-11,13-15,17,24,26,39,47,50-55H,1-4,12,16,18-23,25,27-29H2/b15-13+/t39-,46-/m0/s1. The van der Waals surface area contributed by atoms with E-state index in [0.717, 1.165) is 23.4 Å². The summed E-state index contributed by atoms with van der Waals surface area (Å²) in [7, 11) is 0. The average molecular weight is 744 g/mol. The number of nitrogens with zero attached hydrogens (tertiary/aromatic N) is 2. The van der Waals surface area contributed by atoms with Gasteiger partial charge in [-0.2, -0.15) is 0 Å². The number of hydrogen-bond acceptors (Lipinski definition) is 9. The van der Waals surface area contributed by atoms with Gasteiger partial charge in [-0.15, -0.1) is 0 Å². The van der Waals surface area contributed by atoms with Crippen LogP contribution in [0, 0.1) is 22.2 Å². The van der Waals surface area contributed by atoms with E-state index in [1.165, 1.54) is 82.4 Å². The molecule has 2 atom stereocenters. The van der Waals surface area contributed by atoms with E-state index in [0.29, 0.717) is 48.1 Å². The number of fused-ring (bicyclic) bond motifs is 1. The van der Waals surface area contributed by atoms with Gasteiger partial charge in [-0.1, -0.05) is 80.3 Å². The summed E-state index contributed by atoms with van der Waals surface area (Å²) in [6, 6.07) is 18.0. The highest BCUT2D eigenvalue weighted by atomic mass is 16.3. The van der Waals surface area contributed by atoms with Crippen molar-refractivity contribution in [3.63, 3.8) is 0 Å². The van der Waals surface area contributed by atoms with Gasteiger partial charge in [-0.05, 0) is 108 Å². The van der Waals surface area contributed by atoms with Crippen LogP contribution in [0.1, 0.15) is 92.0 Å². The monoisotopic (exact) mass is 743 g/mol. The summed E-state index contributed by atoms with van der Waals surface area (Å²) >= 11 is 0. The zero-order valence-corrected chi connectivity index (χ0v) is 31.5. The van der Waals surface area contributed by atoms with Crippen molar-refractivity contribution in [2.45, 2.75) is 83.6 Å². The normalized spacial score (nSPS) is 22.8. The molecular formula is C46H53N3O6. The van der Waals surface area contributed by atoms with Crippen LogP contribution in [-0.2, 0) is 19.4 Å². The van der Waals surface area contributed by atoms with Gasteiger partial charge in [0.25, 0.3) is 0 Å². The number of phenolic OH excluding ortho intramolecular Hbond substituents is 5. The first-order valence-electron chi connectivity index (χ1n) is 20.0. The van der Waals surface area contributed by atoms with Crippen molar-refractivity contribution in [3.05, 3.63) is 88.5 Å². The van der Waals surface area contributed by atoms with Gasteiger partial charge < -0.3 is 36.0 Å². The van der Waals surface area contributed by atoms with Gasteiger partial charge in [-0.3, -0.25) is 9.98 Å². The van der Waals surface area contributed by atoms with Crippen LogP contribution in [-0.4, -0.2) is 62.4 Å². The summed E-state index contributed by atoms with van der Waals surface area (Å²) in [5.74, 6) is -1.08. The maximum Gasteiger partial charge on any atom is 0.169 e. The van der Waals surface area contributed by atoms with Crippen LogP contribution >= 0.6 is 0 Å². The predicted molar refractivity (Wildman–Crippen MR) is 218 cm³/mol. The largest absolute Gasteiger partial charge is 0.507 e. The molecule has 55 heavy (non-hydrogen) atoms. The van der Waals surface area contributed by atoms with Crippen LogP contribution in [0.3, 0.4) is 0 Å². The third-order valence-corrected chi connectivity index (χ3v) is 14.0. The molecule has 3 aliphatic carbocycles. The SMILES string of the molecule is OC[C@H]1C2(CCCC2)CCC2(CCCC2)[C@]1(CNCc1ccc(CCc2c(O)c(O)c3c(O)cccc3c2/C=C/c2ccc(O)c(O)c2)cc1)C1=NCN=C1. The summed E-state index contributed by atoms with van der Waals surface area (Å²) in [5, 5.41) is 68.6. The molecule has 2 spiro atoms. The van der Waals surface area contributed by atoms with Gasteiger partial charge in [0.1, 0.15) is 12.4 Å². The zero-order valence-electron chi connectivity index (χ0n) is 31.5. The van der Waals surface area contributed by atoms with Gasteiger partial charge in [0.05, 0.1) is 11.1 Å². The lowest BCUT2D eigenvalue weighted by atomic mass is 9.42. The van der Waals surface area contributed by atoms with E-state index in [2.05, 4.69) is 34.6 Å². The smallest absolute Gasteiger partial charge is 0.169 e. The lowest BCUT2D eigenvalue weighted by Gasteiger charge is -2.62. The molecule has 9 nitrogen and oxygen atoms in total. The van der Waals surface area contributed by atoms with E-state index in [-0.39, 0.29) is 62.9 Å². The molecule has 4 aromatic rings. The van der Waals surface area contributed by atoms with E-state index < -0.39 is 0 Å². The molecule has 7 N–H and O–H groups in total. The zero-order chi connectivity index (χ0) is 38.2. The molecule has 3 fully saturated rings.